The van der Waals surface area contributed by atoms with E-state index in [1.807, 2.05) is 6.20 Å². The van der Waals surface area contributed by atoms with E-state index in [1.165, 1.54) is 4.88 Å². The maximum Gasteiger partial charge on any atom is 0.246 e. The van der Waals surface area contributed by atoms with Crippen molar-refractivity contribution in [2.45, 2.75) is 24.7 Å². The first-order valence-corrected chi connectivity index (χ1v) is 11.2. The van der Waals surface area contributed by atoms with E-state index in [1.54, 1.807) is 17.5 Å². The van der Waals surface area contributed by atoms with Gasteiger partial charge in [-0.3, -0.25) is 4.90 Å². The van der Waals surface area contributed by atoms with Crippen LogP contribution in [0.4, 0.5) is 5.13 Å². The third-order valence-electron chi connectivity index (χ3n) is 4.52. The van der Waals surface area contributed by atoms with Gasteiger partial charge < -0.3 is 9.64 Å². The SMILES string of the molecule is CS(=O)(=O)c1ncc2c(n1)CCN(Cc1cnc(N3CCOCC3)s1)C2. The minimum atomic E-state index is -3.36. The topological polar surface area (TPSA) is 88.5 Å². The molecule has 0 aromatic carbocycles. The van der Waals surface area contributed by atoms with E-state index in [2.05, 4.69) is 24.8 Å². The van der Waals surface area contributed by atoms with Crippen LogP contribution in [0.25, 0.3) is 0 Å². The molecule has 26 heavy (non-hydrogen) atoms. The van der Waals surface area contributed by atoms with Crippen LogP contribution in [0.1, 0.15) is 16.1 Å². The Morgan fingerprint density at radius 2 is 2.00 bits per heavy atom. The second-order valence-corrected chi connectivity index (χ2v) is 9.57. The summed E-state index contributed by atoms with van der Waals surface area (Å²) in [5, 5.41) is 0.976. The quantitative estimate of drug-likeness (QED) is 0.700. The standard InChI is InChI=1S/C16H21N5O3S2/c1-26(22,23)15-17-8-12-10-20(3-2-14(12)19-15)11-13-9-18-16(25-13)21-4-6-24-7-5-21/h8-9H,2-7,10-11H2,1H3. The van der Waals surface area contributed by atoms with Crippen molar-refractivity contribution in [1.82, 2.24) is 19.9 Å². The van der Waals surface area contributed by atoms with E-state index in [4.69, 9.17) is 4.74 Å². The largest absolute Gasteiger partial charge is 0.378 e. The van der Waals surface area contributed by atoms with Crippen LogP contribution in [0.3, 0.4) is 0 Å². The lowest BCUT2D eigenvalue weighted by molar-refractivity contribution is 0.122. The molecule has 2 aromatic heterocycles. The van der Waals surface area contributed by atoms with Gasteiger partial charge in [0, 0.05) is 68.2 Å². The molecule has 1 fully saturated rings. The lowest BCUT2D eigenvalue weighted by atomic mass is 10.1. The lowest BCUT2D eigenvalue weighted by Gasteiger charge is -2.27. The Kier molecular flexibility index (Phi) is 4.91. The molecule has 0 amide bonds. The van der Waals surface area contributed by atoms with Crippen LogP contribution >= 0.6 is 11.3 Å². The smallest absolute Gasteiger partial charge is 0.246 e. The number of hydrogen-bond acceptors (Lipinski definition) is 9. The summed E-state index contributed by atoms with van der Waals surface area (Å²) >= 11 is 1.73. The molecule has 4 heterocycles. The van der Waals surface area contributed by atoms with Gasteiger partial charge in [-0.25, -0.2) is 23.4 Å². The number of aromatic nitrogens is 3. The first-order valence-electron chi connectivity index (χ1n) is 8.53. The van der Waals surface area contributed by atoms with Gasteiger partial charge in [-0.2, -0.15) is 0 Å². The molecular weight excluding hydrogens is 374 g/mol. The van der Waals surface area contributed by atoms with E-state index >= 15 is 0 Å². The third kappa shape index (κ3) is 3.88. The maximum absolute atomic E-state index is 11.6. The number of morpholine rings is 1. The molecular formula is C16H21N5O3S2. The highest BCUT2D eigenvalue weighted by Gasteiger charge is 2.22. The molecule has 0 aliphatic carbocycles. The van der Waals surface area contributed by atoms with Crippen LogP contribution in [-0.2, 0) is 34.1 Å². The minimum absolute atomic E-state index is 0.0812. The van der Waals surface area contributed by atoms with E-state index in [0.29, 0.717) is 0 Å². The molecule has 2 aromatic rings. The van der Waals surface area contributed by atoms with Gasteiger partial charge >= 0.3 is 0 Å². The number of anilines is 1. The van der Waals surface area contributed by atoms with Gasteiger partial charge in [0.15, 0.2) is 5.13 Å². The second kappa shape index (κ2) is 7.18. The minimum Gasteiger partial charge on any atom is -0.378 e. The van der Waals surface area contributed by atoms with Crippen molar-refractivity contribution in [2.75, 3.05) is 44.0 Å². The van der Waals surface area contributed by atoms with Gasteiger partial charge in [-0.15, -0.1) is 11.3 Å². The van der Waals surface area contributed by atoms with Crippen LogP contribution in [0.5, 0.6) is 0 Å². The third-order valence-corrected chi connectivity index (χ3v) is 6.43. The van der Waals surface area contributed by atoms with E-state index in [-0.39, 0.29) is 5.16 Å². The summed E-state index contributed by atoms with van der Waals surface area (Å²) in [5.74, 6) is 0. The predicted octanol–water partition coefficient (Wildman–Crippen LogP) is 0.731. The molecule has 2 aliphatic heterocycles. The second-order valence-electron chi connectivity index (χ2n) is 6.57. The van der Waals surface area contributed by atoms with E-state index in [0.717, 1.165) is 75.0 Å². The van der Waals surface area contributed by atoms with Crippen molar-refractivity contribution in [1.29, 1.82) is 0 Å². The molecule has 0 N–H and O–H groups in total. The fraction of sp³-hybridized carbons (Fsp3) is 0.562. The van der Waals surface area contributed by atoms with Crippen molar-refractivity contribution in [2.24, 2.45) is 0 Å². The summed E-state index contributed by atoms with van der Waals surface area (Å²) in [7, 11) is -3.36. The van der Waals surface area contributed by atoms with Crippen LogP contribution in [-0.4, -0.2) is 67.4 Å². The predicted molar refractivity (Wildman–Crippen MR) is 98.1 cm³/mol. The molecule has 0 atom stereocenters. The van der Waals surface area contributed by atoms with Crippen molar-refractivity contribution in [3.05, 3.63) is 28.5 Å². The Morgan fingerprint density at radius 1 is 1.19 bits per heavy atom. The fourth-order valence-electron chi connectivity index (χ4n) is 3.16. The van der Waals surface area contributed by atoms with Gasteiger partial charge in [0.05, 0.1) is 18.9 Å². The van der Waals surface area contributed by atoms with Gasteiger partial charge in [0.1, 0.15) is 0 Å². The average molecular weight is 396 g/mol. The summed E-state index contributed by atoms with van der Waals surface area (Å²) < 4.78 is 28.6. The molecule has 0 bridgehead atoms. The number of sulfone groups is 1. The van der Waals surface area contributed by atoms with Crippen molar-refractivity contribution >= 4 is 26.3 Å². The van der Waals surface area contributed by atoms with Gasteiger partial charge in [-0.05, 0) is 0 Å². The van der Waals surface area contributed by atoms with E-state index in [9.17, 15) is 8.42 Å². The van der Waals surface area contributed by atoms with Crippen molar-refractivity contribution in [3.63, 3.8) is 0 Å². The number of nitrogens with zero attached hydrogens (tertiary/aromatic N) is 5. The van der Waals surface area contributed by atoms with Crippen LogP contribution in [0.2, 0.25) is 0 Å². The maximum atomic E-state index is 11.6. The number of rotatable bonds is 4. The zero-order valence-electron chi connectivity index (χ0n) is 14.6. The average Bonchev–Trinajstić information content (AvgIpc) is 3.10. The summed E-state index contributed by atoms with van der Waals surface area (Å²) in [6.07, 6.45) is 5.47. The Balaban J connectivity index is 1.42. The molecule has 10 heteroatoms. The molecule has 4 rings (SSSR count). The summed E-state index contributed by atoms with van der Waals surface area (Å²) in [6, 6.07) is 0. The Labute approximate surface area is 156 Å². The normalized spacial score (nSPS) is 18.7. The lowest BCUT2D eigenvalue weighted by Crippen LogP contribution is -2.36. The highest BCUT2D eigenvalue weighted by Crippen LogP contribution is 2.26. The van der Waals surface area contributed by atoms with E-state index < -0.39 is 9.84 Å². The first-order chi connectivity index (χ1) is 12.5. The van der Waals surface area contributed by atoms with Crippen molar-refractivity contribution in [3.8, 4) is 0 Å². The number of fused-ring (bicyclic) bond motifs is 1. The van der Waals surface area contributed by atoms with Crippen molar-refractivity contribution < 1.29 is 13.2 Å². The molecule has 140 valence electrons. The zero-order chi connectivity index (χ0) is 18.1. The monoisotopic (exact) mass is 395 g/mol. The number of thiazole rings is 1. The molecule has 8 nitrogen and oxygen atoms in total. The van der Waals surface area contributed by atoms with Gasteiger partial charge in [-0.1, -0.05) is 0 Å². The summed E-state index contributed by atoms with van der Waals surface area (Å²) in [6.45, 7) is 5.70. The Hall–Kier alpha value is -1.62. The first kappa shape index (κ1) is 17.8. The zero-order valence-corrected chi connectivity index (χ0v) is 16.2. The molecule has 1 saturated heterocycles. The van der Waals surface area contributed by atoms with Crippen LogP contribution < -0.4 is 4.90 Å². The molecule has 0 unspecified atom stereocenters. The summed E-state index contributed by atoms with van der Waals surface area (Å²) in [5.41, 5.74) is 1.84. The number of ether oxygens (including phenoxy) is 1. The number of hydrogen-bond donors (Lipinski definition) is 0. The molecule has 2 aliphatic rings. The molecule has 0 radical (unpaired) electrons. The summed E-state index contributed by atoms with van der Waals surface area (Å²) in [4.78, 5) is 18.6. The van der Waals surface area contributed by atoms with Gasteiger partial charge in [0.25, 0.3) is 0 Å². The van der Waals surface area contributed by atoms with Crippen LogP contribution in [0.15, 0.2) is 17.6 Å². The van der Waals surface area contributed by atoms with Gasteiger partial charge in [0.2, 0.25) is 15.0 Å². The highest BCUT2D eigenvalue weighted by atomic mass is 32.2. The Morgan fingerprint density at radius 3 is 2.77 bits per heavy atom. The fourth-order valence-corrected chi connectivity index (χ4v) is 4.69. The Bertz CT molecular complexity index is 893. The van der Waals surface area contributed by atoms with Crippen LogP contribution in [0, 0.1) is 0 Å². The highest BCUT2D eigenvalue weighted by molar-refractivity contribution is 7.90. The molecule has 0 spiro atoms. The molecule has 0 saturated carbocycles.